The van der Waals surface area contributed by atoms with Crippen LogP contribution in [0.3, 0.4) is 0 Å². The Balaban J connectivity index is -0.000000490. The first-order valence-corrected chi connectivity index (χ1v) is 16.3. The second-order valence-corrected chi connectivity index (χ2v) is 13.0. The fourth-order valence-electron chi connectivity index (χ4n) is 2.77. The SMILES string of the molecule is CCCC(C)OP([O-])(=S)OC(C)CCC.CCCC(C)OP([O-])(=S)OC(C)CCC.[Zn+2]. The third-order valence-corrected chi connectivity index (χ3v) is 7.52. The topological polar surface area (TPSA) is 83.0 Å². The van der Waals surface area contributed by atoms with Crippen molar-refractivity contribution in [3.8, 4) is 0 Å². The molecule has 0 aliphatic rings. The van der Waals surface area contributed by atoms with E-state index in [2.05, 4.69) is 27.7 Å². The van der Waals surface area contributed by atoms with Crippen molar-refractivity contribution in [3.63, 3.8) is 0 Å². The zero-order valence-electron chi connectivity index (χ0n) is 20.8. The minimum Gasteiger partial charge on any atom is -0.780 e. The van der Waals surface area contributed by atoms with E-state index in [9.17, 15) is 9.79 Å². The second kappa shape index (κ2) is 21.0. The molecular weight excluding hydrogens is 528 g/mol. The molecule has 0 N–H and O–H groups in total. The van der Waals surface area contributed by atoms with Crippen LogP contribution >= 0.6 is 13.4 Å². The normalized spacial score (nSPS) is 18.9. The van der Waals surface area contributed by atoms with Gasteiger partial charge in [0.1, 0.15) is 13.4 Å². The maximum Gasteiger partial charge on any atom is 2.00 e. The first kappa shape index (κ1) is 37.2. The molecule has 0 aromatic carbocycles. The Kier molecular flexibility index (Phi) is 25.2. The van der Waals surface area contributed by atoms with Crippen molar-refractivity contribution in [1.29, 1.82) is 0 Å². The summed E-state index contributed by atoms with van der Waals surface area (Å²) in [5.74, 6) is 0. The van der Waals surface area contributed by atoms with Gasteiger partial charge in [-0.3, -0.25) is 0 Å². The molecule has 0 saturated carbocycles. The summed E-state index contributed by atoms with van der Waals surface area (Å²) in [7, 11) is 0. The van der Waals surface area contributed by atoms with Gasteiger partial charge in [0, 0.05) is 0 Å². The van der Waals surface area contributed by atoms with E-state index in [-0.39, 0.29) is 43.9 Å². The van der Waals surface area contributed by atoms with Crippen molar-refractivity contribution in [3.05, 3.63) is 0 Å². The molecule has 31 heavy (non-hydrogen) atoms. The second-order valence-electron chi connectivity index (χ2n) is 7.71. The molecule has 0 fully saturated rings. The van der Waals surface area contributed by atoms with E-state index in [0.29, 0.717) is 0 Å². The van der Waals surface area contributed by atoms with Crippen molar-refractivity contribution >= 4 is 37.1 Å². The van der Waals surface area contributed by atoms with Crippen LogP contribution in [0.5, 0.6) is 0 Å². The molecule has 0 bridgehead atoms. The molecule has 0 aliphatic carbocycles. The van der Waals surface area contributed by atoms with Crippen molar-refractivity contribution < 1.29 is 47.4 Å². The Labute approximate surface area is 214 Å². The van der Waals surface area contributed by atoms with Crippen LogP contribution in [0.15, 0.2) is 0 Å². The number of hydrogen-bond donors (Lipinski definition) is 0. The van der Waals surface area contributed by atoms with E-state index in [0.717, 1.165) is 51.4 Å². The Morgan fingerprint density at radius 1 is 0.548 bits per heavy atom. The van der Waals surface area contributed by atoms with Gasteiger partial charge in [-0.05, 0) is 53.4 Å². The van der Waals surface area contributed by atoms with Gasteiger partial charge < -0.3 is 27.9 Å². The summed E-state index contributed by atoms with van der Waals surface area (Å²) in [6, 6.07) is 0. The van der Waals surface area contributed by atoms with Crippen LogP contribution in [0.2, 0.25) is 0 Å². The molecule has 0 aromatic heterocycles. The smallest absolute Gasteiger partial charge is 0.780 e. The van der Waals surface area contributed by atoms with Crippen molar-refractivity contribution in [2.24, 2.45) is 0 Å². The van der Waals surface area contributed by atoms with Crippen LogP contribution in [0, 0.1) is 0 Å². The molecular formula is C20H44O6P2S2Zn. The number of hydrogen-bond acceptors (Lipinski definition) is 8. The van der Waals surface area contributed by atoms with Gasteiger partial charge in [-0.1, -0.05) is 77.0 Å². The van der Waals surface area contributed by atoms with E-state index < -0.39 is 13.4 Å². The van der Waals surface area contributed by atoms with Crippen LogP contribution < -0.4 is 9.79 Å². The van der Waals surface area contributed by atoms with E-state index in [4.69, 9.17) is 41.7 Å². The largest absolute Gasteiger partial charge is 2.00 e. The van der Waals surface area contributed by atoms with Crippen molar-refractivity contribution in [1.82, 2.24) is 0 Å². The van der Waals surface area contributed by atoms with Gasteiger partial charge in [0.25, 0.3) is 0 Å². The van der Waals surface area contributed by atoms with Crippen molar-refractivity contribution in [2.45, 2.75) is 131 Å². The van der Waals surface area contributed by atoms with Gasteiger partial charge in [0.05, 0.1) is 24.4 Å². The Morgan fingerprint density at radius 3 is 0.839 bits per heavy atom. The van der Waals surface area contributed by atoms with Crippen LogP contribution in [0.1, 0.15) is 107 Å². The monoisotopic (exact) mass is 570 g/mol. The Morgan fingerprint density at radius 2 is 0.710 bits per heavy atom. The Hall–Kier alpha value is 1.68. The standard InChI is InChI=1S/2C10H23O3PS.Zn/c2*1-5-7-9(3)12-14(11,15)13-10(4)8-6-2;/h2*9-10H,5-8H2,1-4H3,(H,11,15);/q;;+2/p-2. The molecule has 184 valence electrons. The van der Waals surface area contributed by atoms with Crippen LogP contribution in [0.25, 0.3) is 0 Å². The minimum absolute atomic E-state index is 0. The van der Waals surface area contributed by atoms with E-state index in [1.165, 1.54) is 0 Å². The fraction of sp³-hybridized carbons (Fsp3) is 1.00. The van der Waals surface area contributed by atoms with Gasteiger partial charge in [0.2, 0.25) is 0 Å². The summed E-state index contributed by atoms with van der Waals surface area (Å²) in [6.45, 7) is 9.12. The molecule has 0 aromatic rings. The molecule has 0 saturated heterocycles. The Bertz CT molecular complexity index is 436. The summed E-state index contributed by atoms with van der Waals surface area (Å²) in [5, 5.41) is 0. The molecule has 0 heterocycles. The molecule has 11 heteroatoms. The van der Waals surface area contributed by atoms with Crippen molar-refractivity contribution in [2.75, 3.05) is 0 Å². The quantitative estimate of drug-likeness (QED) is 0.166. The predicted molar refractivity (Wildman–Crippen MR) is 130 cm³/mol. The third kappa shape index (κ3) is 24.6. The maximum atomic E-state index is 11.8. The summed E-state index contributed by atoms with van der Waals surface area (Å²) in [6.07, 6.45) is 7.00. The molecule has 4 atom stereocenters. The van der Waals surface area contributed by atoms with Gasteiger partial charge in [-0.2, -0.15) is 0 Å². The average molecular weight is 572 g/mol. The van der Waals surface area contributed by atoms with Gasteiger partial charge in [-0.25, -0.2) is 0 Å². The molecule has 0 amide bonds. The summed E-state index contributed by atoms with van der Waals surface area (Å²) in [4.78, 5) is 23.5. The first-order valence-electron chi connectivity index (χ1n) is 11.2. The van der Waals surface area contributed by atoms with E-state index in [1.807, 2.05) is 27.7 Å². The third-order valence-electron chi connectivity index (χ3n) is 4.02. The van der Waals surface area contributed by atoms with Gasteiger partial charge in [-0.15, -0.1) is 0 Å². The van der Waals surface area contributed by atoms with Crippen LogP contribution in [-0.4, -0.2) is 24.4 Å². The number of rotatable bonds is 16. The zero-order chi connectivity index (χ0) is 23.8. The van der Waals surface area contributed by atoms with Crippen LogP contribution in [0.4, 0.5) is 0 Å². The molecule has 6 nitrogen and oxygen atoms in total. The summed E-state index contributed by atoms with van der Waals surface area (Å²) < 4.78 is 21.0. The summed E-state index contributed by atoms with van der Waals surface area (Å²) >= 11 is 9.67. The molecule has 0 aliphatic heterocycles. The first-order chi connectivity index (χ1) is 13.8. The van der Waals surface area contributed by atoms with Gasteiger partial charge in [0.15, 0.2) is 0 Å². The minimum atomic E-state index is -3.28. The molecule has 0 radical (unpaired) electrons. The molecule has 4 unspecified atom stereocenters. The predicted octanol–water partition coefficient (Wildman–Crippen LogP) is 5.96. The molecule has 0 spiro atoms. The van der Waals surface area contributed by atoms with Crippen LogP contribution in [-0.2, 0) is 61.2 Å². The molecule has 0 rings (SSSR count). The fourth-order valence-corrected chi connectivity index (χ4v) is 6.82. The van der Waals surface area contributed by atoms with E-state index >= 15 is 0 Å². The van der Waals surface area contributed by atoms with Gasteiger partial charge >= 0.3 is 19.5 Å². The van der Waals surface area contributed by atoms with E-state index in [1.54, 1.807) is 0 Å². The maximum absolute atomic E-state index is 11.8. The average Bonchev–Trinajstić information content (AvgIpc) is 2.53. The zero-order valence-corrected chi connectivity index (χ0v) is 27.2. The summed E-state index contributed by atoms with van der Waals surface area (Å²) in [5.41, 5.74) is 0.